The van der Waals surface area contributed by atoms with Crippen LogP contribution in [0.2, 0.25) is 0 Å². The fourth-order valence-electron chi connectivity index (χ4n) is 3.13. The van der Waals surface area contributed by atoms with Crippen molar-refractivity contribution in [3.63, 3.8) is 0 Å². The Morgan fingerprint density at radius 2 is 2.12 bits per heavy atom. The summed E-state index contributed by atoms with van der Waals surface area (Å²) in [5.41, 5.74) is 3.21. The molecular weight excluding hydrogens is 340 g/mol. The summed E-state index contributed by atoms with van der Waals surface area (Å²) >= 11 is 6.07. The maximum absolute atomic E-state index is 13.4. The second-order valence-electron chi connectivity index (χ2n) is 6.57. The van der Waals surface area contributed by atoms with Gasteiger partial charge >= 0.3 is 0 Å². The molecule has 0 bridgehead atoms. The molecular formula is C19H21ClN2OS. The highest BCUT2D eigenvalue weighted by molar-refractivity contribution is 7.90. The molecule has 126 valence electrons. The van der Waals surface area contributed by atoms with Crippen molar-refractivity contribution in [2.75, 3.05) is 10.8 Å². The Bertz CT molecular complexity index is 805. The van der Waals surface area contributed by atoms with Crippen molar-refractivity contribution in [3.05, 3.63) is 64.7 Å². The molecule has 0 aliphatic carbocycles. The summed E-state index contributed by atoms with van der Waals surface area (Å²) < 4.78 is 15.4. The van der Waals surface area contributed by atoms with Crippen molar-refractivity contribution in [2.24, 2.45) is 4.99 Å². The van der Waals surface area contributed by atoms with Crippen molar-refractivity contribution in [1.82, 2.24) is 0 Å². The van der Waals surface area contributed by atoms with Gasteiger partial charge in [-0.15, -0.1) is 0 Å². The summed E-state index contributed by atoms with van der Waals surface area (Å²) in [6.45, 7) is 7.03. The zero-order chi connectivity index (χ0) is 17.3. The molecule has 0 saturated heterocycles. The number of hydrogen-bond donors (Lipinski definition) is 0. The second-order valence-corrected chi connectivity index (χ2v) is 8.39. The van der Waals surface area contributed by atoms with Gasteiger partial charge in [0.1, 0.15) is 5.17 Å². The van der Waals surface area contributed by atoms with Gasteiger partial charge in [-0.1, -0.05) is 49.7 Å². The third-order valence-corrected chi connectivity index (χ3v) is 6.02. The molecule has 0 spiro atoms. The SMILES string of the molecule is C/C=C\C(=C1\C=CN=C(Cl)C1)S(=O)N1CC(C)(C)c2ccccc21. The van der Waals surface area contributed by atoms with Crippen LogP contribution in [0.15, 0.2) is 64.2 Å². The first kappa shape index (κ1) is 17.2. The zero-order valence-electron chi connectivity index (χ0n) is 14.1. The molecule has 2 aliphatic heterocycles. The summed E-state index contributed by atoms with van der Waals surface area (Å²) in [5, 5.41) is 0.522. The van der Waals surface area contributed by atoms with Gasteiger partial charge in [-0.2, -0.15) is 0 Å². The van der Waals surface area contributed by atoms with Gasteiger partial charge in [-0.25, -0.2) is 9.20 Å². The van der Waals surface area contributed by atoms with Crippen LogP contribution in [-0.4, -0.2) is 15.9 Å². The Balaban J connectivity index is 2.03. The van der Waals surface area contributed by atoms with Crippen LogP contribution in [0.25, 0.3) is 0 Å². The lowest BCUT2D eigenvalue weighted by molar-refractivity contribution is 0.572. The van der Waals surface area contributed by atoms with Crippen LogP contribution in [0.4, 0.5) is 5.69 Å². The Labute approximate surface area is 151 Å². The fourth-order valence-corrected chi connectivity index (χ4v) is 4.96. The van der Waals surface area contributed by atoms with Gasteiger partial charge in [0, 0.05) is 24.6 Å². The number of aliphatic imine (C=N–C) groups is 1. The number of rotatable bonds is 3. The summed E-state index contributed by atoms with van der Waals surface area (Å²) in [7, 11) is -1.29. The largest absolute Gasteiger partial charge is 0.287 e. The Morgan fingerprint density at radius 1 is 1.38 bits per heavy atom. The lowest BCUT2D eigenvalue weighted by Crippen LogP contribution is -2.31. The normalized spacial score (nSPS) is 22.5. The van der Waals surface area contributed by atoms with Crippen molar-refractivity contribution in [3.8, 4) is 0 Å². The Morgan fingerprint density at radius 3 is 2.83 bits per heavy atom. The molecule has 0 amide bonds. The van der Waals surface area contributed by atoms with Crippen LogP contribution in [0.3, 0.4) is 0 Å². The molecule has 2 aliphatic rings. The first-order valence-corrected chi connectivity index (χ1v) is 9.46. The van der Waals surface area contributed by atoms with E-state index < -0.39 is 11.0 Å². The highest BCUT2D eigenvalue weighted by Gasteiger charge is 2.38. The quantitative estimate of drug-likeness (QED) is 0.759. The van der Waals surface area contributed by atoms with E-state index in [1.54, 1.807) is 6.20 Å². The van der Waals surface area contributed by atoms with E-state index in [1.807, 2.05) is 47.7 Å². The fraction of sp³-hybridized carbons (Fsp3) is 0.316. The maximum Gasteiger partial charge on any atom is 0.153 e. The molecule has 3 nitrogen and oxygen atoms in total. The van der Waals surface area contributed by atoms with Crippen molar-refractivity contribution < 1.29 is 4.21 Å². The number of nitrogens with zero attached hydrogens (tertiary/aromatic N) is 2. The number of para-hydroxylation sites is 1. The van der Waals surface area contributed by atoms with E-state index in [2.05, 4.69) is 24.9 Å². The predicted molar refractivity (Wildman–Crippen MR) is 104 cm³/mol. The second kappa shape index (κ2) is 6.69. The average molecular weight is 361 g/mol. The molecule has 1 aromatic rings. The summed E-state index contributed by atoms with van der Waals surface area (Å²) in [5.74, 6) is 0. The molecule has 2 heterocycles. The lowest BCUT2D eigenvalue weighted by Gasteiger charge is -2.23. The first-order chi connectivity index (χ1) is 11.4. The Kier molecular flexibility index (Phi) is 4.79. The third-order valence-electron chi connectivity index (χ3n) is 4.29. The number of hydrogen-bond acceptors (Lipinski definition) is 2. The standard InChI is InChI=1S/C19H21ClN2OS/c1-4-7-17(14-10-11-21-18(20)12-14)24(23)22-13-19(2,3)15-8-5-6-9-16(15)22/h4-11H,12-13H2,1-3H3/b7-4-,17-14+. The molecule has 1 atom stereocenters. The van der Waals surface area contributed by atoms with Gasteiger partial charge in [0.05, 0.1) is 10.6 Å². The summed E-state index contributed by atoms with van der Waals surface area (Å²) in [6, 6.07) is 8.21. The number of anilines is 1. The molecule has 0 fully saturated rings. The minimum atomic E-state index is -1.29. The molecule has 0 saturated carbocycles. The topological polar surface area (TPSA) is 32.7 Å². The van der Waals surface area contributed by atoms with Crippen LogP contribution in [0.1, 0.15) is 32.8 Å². The molecule has 24 heavy (non-hydrogen) atoms. The number of halogens is 1. The van der Waals surface area contributed by atoms with Gasteiger partial charge in [0.15, 0.2) is 11.0 Å². The lowest BCUT2D eigenvalue weighted by atomic mass is 9.87. The molecule has 1 aromatic carbocycles. The van der Waals surface area contributed by atoms with E-state index in [0.29, 0.717) is 11.6 Å². The van der Waals surface area contributed by atoms with Crippen molar-refractivity contribution in [1.29, 1.82) is 0 Å². The Hall–Kier alpha value is -1.65. The van der Waals surface area contributed by atoms with E-state index in [0.717, 1.165) is 22.7 Å². The number of allylic oxidation sites excluding steroid dienone is 4. The van der Waals surface area contributed by atoms with E-state index in [-0.39, 0.29) is 5.41 Å². The molecule has 0 radical (unpaired) electrons. The van der Waals surface area contributed by atoms with Crippen LogP contribution in [0.5, 0.6) is 0 Å². The molecule has 1 unspecified atom stereocenters. The number of benzene rings is 1. The minimum Gasteiger partial charge on any atom is -0.287 e. The van der Waals surface area contributed by atoms with E-state index in [4.69, 9.17) is 11.6 Å². The minimum absolute atomic E-state index is 0.0283. The van der Waals surface area contributed by atoms with Crippen LogP contribution in [-0.2, 0) is 16.4 Å². The van der Waals surface area contributed by atoms with Crippen LogP contribution < -0.4 is 4.31 Å². The van der Waals surface area contributed by atoms with Crippen LogP contribution >= 0.6 is 11.6 Å². The first-order valence-electron chi connectivity index (χ1n) is 7.97. The van der Waals surface area contributed by atoms with E-state index in [1.165, 1.54) is 5.56 Å². The predicted octanol–water partition coefficient (Wildman–Crippen LogP) is 4.83. The van der Waals surface area contributed by atoms with Crippen molar-refractivity contribution >= 4 is 33.4 Å². The maximum atomic E-state index is 13.4. The molecule has 5 heteroatoms. The van der Waals surface area contributed by atoms with E-state index in [9.17, 15) is 4.21 Å². The highest BCUT2D eigenvalue weighted by Crippen LogP contribution is 2.42. The zero-order valence-corrected chi connectivity index (χ0v) is 15.7. The van der Waals surface area contributed by atoms with Gasteiger partial charge < -0.3 is 0 Å². The van der Waals surface area contributed by atoms with Crippen molar-refractivity contribution in [2.45, 2.75) is 32.6 Å². The molecule has 3 rings (SSSR count). The van der Waals surface area contributed by atoms with Gasteiger partial charge in [-0.3, -0.25) is 4.31 Å². The number of fused-ring (bicyclic) bond motifs is 1. The third kappa shape index (κ3) is 3.13. The molecule has 0 N–H and O–H groups in total. The van der Waals surface area contributed by atoms with E-state index >= 15 is 0 Å². The molecule has 0 aromatic heterocycles. The van der Waals surface area contributed by atoms with Gasteiger partial charge in [0.2, 0.25) is 0 Å². The van der Waals surface area contributed by atoms with Crippen LogP contribution in [0, 0.1) is 0 Å². The van der Waals surface area contributed by atoms with Gasteiger partial charge in [-0.05, 0) is 36.3 Å². The summed E-state index contributed by atoms with van der Waals surface area (Å²) in [4.78, 5) is 4.86. The smallest absolute Gasteiger partial charge is 0.153 e. The highest BCUT2D eigenvalue weighted by atomic mass is 35.5. The average Bonchev–Trinajstić information content (AvgIpc) is 2.84. The summed E-state index contributed by atoms with van der Waals surface area (Å²) in [6.07, 6.45) is 7.92. The monoisotopic (exact) mass is 360 g/mol. The van der Waals surface area contributed by atoms with Gasteiger partial charge in [0.25, 0.3) is 0 Å².